The molecule has 0 radical (unpaired) electrons. The van der Waals surface area contributed by atoms with Crippen molar-refractivity contribution in [3.63, 3.8) is 0 Å². The highest BCUT2D eigenvalue weighted by Gasteiger charge is 1.94. The first-order valence-electron chi connectivity index (χ1n) is 4.47. The molecule has 0 atom stereocenters. The molecule has 14 heavy (non-hydrogen) atoms. The predicted molar refractivity (Wildman–Crippen MR) is 58.5 cm³/mol. The molecule has 1 N–H and O–H groups in total. The normalized spacial score (nSPS) is 10.0. The van der Waals surface area contributed by atoms with Gasteiger partial charge in [-0.05, 0) is 12.1 Å². The zero-order valence-electron chi connectivity index (χ0n) is 7.68. The fourth-order valence-electron chi connectivity index (χ4n) is 1.16. The molecular weight excluding hydrogens is 194 g/mol. The van der Waals surface area contributed by atoms with E-state index in [1.807, 2.05) is 29.9 Å². The Morgan fingerprint density at radius 3 is 3.07 bits per heavy atom. The Morgan fingerprint density at radius 1 is 1.36 bits per heavy atom. The predicted octanol–water partition coefficient (Wildman–Crippen LogP) is 2.19. The maximum atomic E-state index is 4.21. The molecule has 2 aromatic rings. The Bertz CT molecular complexity index is 358. The van der Waals surface area contributed by atoms with Gasteiger partial charge in [0.1, 0.15) is 0 Å². The van der Waals surface area contributed by atoms with E-state index in [1.165, 1.54) is 5.01 Å². The minimum atomic E-state index is 0.902. The lowest BCUT2D eigenvalue weighted by Crippen LogP contribution is -2.04. The third kappa shape index (κ3) is 2.53. The van der Waals surface area contributed by atoms with Gasteiger partial charge < -0.3 is 5.32 Å². The second-order valence-corrected chi connectivity index (χ2v) is 3.82. The van der Waals surface area contributed by atoms with Crippen LogP contribution in [0.4, 0.5) is 5.69 Å². The van der Waals surface area contributed by atoms with Crippen LogP contribution in [-0.4, -0.2) is 16.5 Å². The zero-order valence-corrected chi connectivity index (χ0v) is 8.50. The smallest absolute Gasteiger partial charge is 0.0942 e. The highest BCUT2D eigenvalue weighted by Crippen LogP contribution is 2.06. The van der Waals surface area contributed by atoms with E-state index in [1.54, 1.807) is 17.5 Å². The number of rotatable bonds is 4. The van der Waals surface area contributed by atoms with Crippen LogP contribution in [0.1, 0.15) is 5.01 Å². The summed E-state index contributed by atoms with van der Waals surface area (Å²) in [5.41, 5.74) is 1.06. The number of hydrogen-bond donors (Lipinski definition) is 1. The molecule has 0 aliphatic heterocycles. The Balaban J connectivity index is 1.79. The largest absolute Gasteiger partial charge is 0.383 e. The van der Waals surface area contributed by atoms with Crippen LogP contribution >= 0.6 is 11.3 Å². The van der Waals surface area contributed by atoms with Gasteiger partial charge in [-0.3, -0.25) is 4.98 Å². The summed E-state index contributed by atoms with van der Waals surface area (Å²) in [6.45, 7) is 0.902. The fourth-order valence-corrected chi connectivity index (χ4v) is 1.78. The maximum absolute atomic E-state index is 4.21. The van der Waals surface area contributed by atoms with Gasteiger partial charge in [-0.15, -0.1) is 11.3 Å². The molecule has 0 aliphatic carbocycles. The highest BCUT2D eigenvalue weighted by molar-refractivity contribution is 7.09. The van der Waals surface area contributed by atoms with Crippen molar-refractivity contribution in [2.45, 2.75) is 6.42 Å². The molecule has 0 aromatic carbocycles. The summed E-state index contributed by atoms with van der Waals surface area (Å²) in [6, 6.07) is 3.93. The average Bonchev–Trinajstić information content (AvgIpc) is 2.72. The van der Waals surface area contributed by atoms with Gasteiger partial charge >= 0.3 is 0 Å². The van der Waals surface area contributed by atoms with E-state index in [2.05, 4.69) is 15.3 Å². The second-order valence-electron chi connectivity index (χ2n) is 2.84. The SMILES string of the molecule is c1cncc(NCCc2nccs2)c1. The lowest BCUT2D eigenvalue weighted by Gasteiger charge is -2.02. The number of thiazole rings is 1. The van der Waals surface area contributed by atoms with Gasteiger partial charge in [-0.2, -0.15) is 0 Å². The number of nitrogens with zero attached hydrogens (tertiary/aromatic N) is 2. The van der Waals surface area contributed by atoms with Gasteiger partial charge in [0, 0.05) is 36.9 Å². The van der Waals surface area contributed by atoms with Crippen molar-refractivity contribution in [3.8, 4) is 0 Å². The molecule has 0 saturated carbocycles. The Morgan fingerprint density at radius 2 is 2.36 bits per heavy atom. The van der Waals surface area contributed by atoms with E-state index >= 15 is 0 Å². The van der Waals surface area contributed by atoms with E-state index in [-0.39, 0.29) is 0 Å². The molecule has 0 amide bonds. The topological polar surface area (TPSA) is 37.8 Å². The quantitative estimate of drug-likeness (QED) is 0.831. The minimum Gasteiger partial charge on any atom is -0.383 e. The van der Waals surface area contributed by atoms with Crippen LogP contribution in [0.15, 0.2) is 36.1 Å². The molecule has 72 valence electrons. The van der Waals surface area contributed by atoms with E-state index < -0.39 is 0 Å². The summed E-state index contributed by atoms with van der Waals surface area (Å²) in [7, 11) is 0. The molecule has 2 aromatic heterocycles. The Labute approximate surface area is 86.8 Å². The van der Waals surface area contributed by atoms with Gasteiger partial charge in [0.15, 0.2) is 0 Å². The van der Waals surface area contributed by atoms with Crippen molar-refractivity contribution in [2.24, 2.45) is 0 Å². The molecule has 0 fully saturated rings. The number of pyridine rings is 1. The van der Waals surface area contributed by atoms with E-state index in [4.69, 9.17) is 0 Å². The van der Waals surface area contributed by atoms with Crippen molar-refractivity contribution in [2.75, 3.05) is 11.9 Å². The van der Waals surface area contributed by atoms with E-state index in [0.29, 0.717) is 0 Å². The first-order chi connectivity index (χ1) is 6.95. The van der Waals surface area contributed by atoms with Gasteiger partial charge in [0.2, 0.25) is 0 Å². The van der Waals surface area contributed by atoms with Crippen LogP contribution < -0.4 is 5.32 Å². The van der Waals surface area contributed by atoms with Crippen molar-refractivity contribution in [3.05, 3.63) is 41.1 Å². The number of hydrogen-bond acceptors (Lipinski definition) is 4. The molecule has 3 nitrogen and oxygen atoms in total. The monoisotopic (exact) mass is 205 g/mol. The fraction of sp³-hybridized carbons (Fsp3) is 0.200. The van der Waals surface area contributed by atoms with Crippen LogP contribution in [0.5, 0.6) is 0 Å². The highest BCUT2D eigenvalue weighted by atomic mass is 32.1. The van der Waals surface area contributed by atoms with E-state index in [9.17, 15) is 0 Å². The van der Waals surface area contributed by atoms with Crippen molar-refractivity contribution in [1.82, 2.24) is 9.97 Å². The van der Waals surface area contributed by atoms with E-state index in [0.717, 1.165) is 18.7 Å². The minimum absolute atomic E-state index is 0.902. The summed E-state index contributed by atoms with van der Waals surface area (Å²) >= 11 is 1.69. The Kier molecular flexibility index (Phi) is 3.08. The molecule has 0 unspecified atom stereocenters. The Hall–Kier alpha value is -1.42. The summed E-state index contributed by atoms with van der Waals surface area (Å²) in [5, 5.41) is 6.45. The third-order valence-corrected chi connectivity index (χ3v) is 2.65. The maximum Gasteiger partial charge on any atom is 0.0942 e. The molecule has 0 aliphatic rings. The average molecular weight is 205 g/mol. The molecule has 4 heteroatoms. The second kappa shape index (κ2) is 4.72. The molecule has 2 rings (SSSR count). The van der Waals surface area contributed by atoms with Crippen LogP contribution in [0.25, 0.3) is 0 Å². The summed E-state index contributed by atoms with van der Waals surface area (Å²) in [4.78, 5) is 8.24. The molecule has 0 spiro atoms. The zero-order chi connectivity index (χ0) is 9.64. The number of aromatic nitrogens is 2. The van der Waals surface area contributed by atoms with Gasteiger partial charge in [-0.25, -0.2) is 4.98 Å². The van der Waals surface area contributed by atoms with Crippen LogP contribution in [0, 0.1) is 0 Å². The molecule has 0 bridgehead atoms. The van der Waals surface area contributed by atoms with Crippen molar-refractivity contribution >= 4 is 17.0 Å². The lowest BCUT2D eigenvalue weighted by atomic mass is 10.4. The van der Waals surface area contributed by atoms with Crippen LogP contribution in [0.3, 0.4) is 0 Å². The first-order valence-corrected chi connectivity index (χ1v) is 5.35. The van der Waals surface area contributed by atoms with Gasteiger partial charge in [0.25, 0.3) is 0 Å². The summed E-state index contributed by atoms with van der Waals surface area (Å²) in [6.07, 6.45) is 6.39. The van der Waals surface area contributed by atoms with Crippen molar-refractivity contribution in [1.29, 1.82) is 0 Å². The van der Waals surface area contributed by atoms with Gasteiger partial charge in [0.05, 0.1) is 10.7 Å². The molecule has 0 saturated heterocycles. The number of anilines is 1. The standard InChI is InChI=1S/C10H11N3S/c1-2-9(8-11-4-1)12-5-3-10-13-6-7-14-10/h1-2,4,6-8,12H,3,5H2. The third-order valence-electron chi connectivity index (χ3n) is 1.81. The van der Waals surface area contributed by atoms with Gasteiger partial charge in [-0.1, -0.05) is 0 Å². The summed E-state index contributed by atoms with van der Waals surface area (Å²) < 4.78 is 0. The summed E-state index contributed by atoms with van der Waals surface area (Å²) in [5.74, 6) is 0. The van der Waals surface area contributed by atoms with Crippen molar-refractivity contribution < 1.29 is 0 Å². The molecule has 2 heterocycles. The van der Waals surface area contributed by atoms with Crippen LogP contribution in [0.2, 0.25) is 0 Å². The molecular formula is C10H11N3S. The first kappa shape index (κ1) is 9.15. The van der Waals surface area contributed by atoms with Crippen LogP contribution in [-0.2, 0) is 6.42 Å². The number of nitrogens with one attached hydrogen (secondary N) is 1. The lowest BCUT2D eigenvalue weighted by molar-refractivity contribution is 0.996.